The number of ether oxygens (including phenoxy) is 1. The van der Waals surface area contributed by atoms with Crippen LogP contribution in [0.5, 0.6) is 5.88 Å². The number of rotatable bonds is 3. The highest BCUT2D eigenvalue weighted by Gasteiger charge is 2.10. The van der Waals surface area contributed by atoms with E-state index in [0.717, 1.165) is 11.4 Å². The lowest BCUT2D eigenvalue weighted by Gasteiger charge is -2.05. The molecule has 0 fully saturated rings. The Morgan fingerprint density at radius 1 is 1.05 bits per heavy atom. The predicted molar refractivity (Wildman–Crippen MR) is 68.9 cm³/mol. The van der Waals surface area contributed by atoms with Gasteiger partial charge in [0.2, 0.25) is 5.88 Å². The minimum absolute atomic E-state index is 0.559. The molecular formula is C13H11N5O. The summed E-state index contributed by atoms with van der Waals surface area (Å²) in [5.41, 5.74) is 1.56. The Morgan fingerprint density at radius 3 is 2.68 bits per heavy atom. The van der Waals surface area contributed by atoms with Crippen LogP contribution >= 0.6 is 0 Å². The third-order valence-corrected chi connectivity index (χ3v) is 2.62. The van der Waals surface area contributed by atoms with Crippen molar-refractivity contribution in [1.29, 1.82) is 0 Å². The van der Waals surface area contributed by atoms with Crippen LogP contribution in [0.4, 0.5) is 0 Å². The average Bonchev–Trinajstić information content (AvgIpc) is 2.98. The first-order valence-electron chi connectivity index (χ1n) is 5.70. The summed E-state index contributed by atoms with van der Waals surface area (Å²) in [5.74, 6) is 1.23. The van der Waals surface area contributed by atoms with Crippen LogP contribution in [0.3, 0.4) is 0 Å². The molecule has 0 unspecified atom stereocenters. The molecule has 19 heavy (non-hydrogen) atoms. The fourth-order valence-electron chi connectivity index (χ4n) is 1.72. The number of aromatic nitrogens is 5. The maximum Gasteiger partial charge on any atom is 0.213 e. The van der Waals surface area contributed by atoms with E-state index < -0.39 is 0 Å². The number of pyridine rings is 2. The molecule has 0 N–H and O–H groups in total. The van der Waals surface area contributed by atoms with Gasteiger partial charge in [-0.25, -0.2) is 14.6 Å². The molecule has 0 radical (unpaired) electrons. The van der Waals surface area contributed by atoms with Crippen molar-refractivity contribution in [1.82, 2.24) is 24.7 Å². The molecule has 0 saturated heterocycles. The van der Waals surface area contributed by atoms with Crippen molar-refractivity contribution in [2.24, 2.45) is 0 Å². The van der Waals surface area contributed by atoms with Gasteiger partial charge in [0, 0.05) is 12.3 Å². The van der Waals surface area contributed by atoms with Crippen molar-refractivity contribution in [2.45, 2.75) is 0 Å². The summed E-state index contributed by atoms with van der Waals surface area (Å²) >= 11 is 0. The van der Waals surface area contributed by atoms with Crippen molar-refractivity contribution in [3.8, 4) is 23.1 Å². The normalized spacial score (nSPS) is 10.4. The second-order valence-electron chi connectivity index (χ2n) is 3.77. The zero-order chi connectivity index (χ0) is 13.1. The van der Waals surface area contributed by atoms with Gasteiger partial charge < -0.3 is 4.74 Å². The first-order valence-corrected chi connectivity index (χ1v) is 5.70. The van der Waals surface area contributed by atoms with Gasteiger partial charge >= 0.3 is 0 Å². The minimum Gasteiger partial charge on any atom is -0.481 e. The van der Waals surface area contributed by atoms with Crippen LogP contribution in [0.1, 0.15) is 0 Å². The molecular weight excluding hydrogens is 242 g/mol. The lowest BCUT2D eigenvalue weighted by atomic mass is 10.3. The molecule has 0 aliphatic carbocycles. The first-order chi connectivity index (χ1) is 9.38. The molecule has 0 aliphatic rings. The van der Waals surface area contributed by atoms with Crippen LogP contribution < -0.4 is 4.74 Å². The summed E-state index contributed by atoms with van der Waals surface area (Å²) in [7, 11) is 1.58. The maximum absolute atomic E-state index is 5.03. The number of hydrogen-bond acceptors (Lipinski definition) is 5. The zero-order valence-corrected chi connectivity index (χ0v) is 10.3. The lowest BCUT2D eigenvalue weighted by molar-refractivity contribution is 0.397. The molecule has 94 valence electrons. The van der Waals surface area contributed by atoms with E-state index in [0.29, 0.717) is 11.7 Å². The smallest absolute Gasteiger partial charge is 0.213 e. The Kier molecular flexibility index (Phi) is 2.89. The summed E-state index contributed by atoms with van der Waals surface area (Å²) in [4.78, 5) is 12.7. The van der Waals surface area contributed by atoms with Crippen molar-refractivity contribution < 1.29 is 4.74 Å². The van der Waals surface area contributed by atoms with Crippen LogP contribution in [0.25, 0.3) is 17.2 Å². The van der Waals surface area contributed by atoms with Crippen LogP contribution in [-0.4, -0.2) is 31.8 Å². The van der Waals surface area contributed by atoms with Crippen molar-refractivity contribution >= 4 is 0 Å². The molecule has 0 bridgehead atoms. The molecule has 3 aromatic heterocycles. The van der Waals surface area contributed by atoms with Crippen molar-refractivity contribution in [2.75, 3.05) is 7.11 Å². The maximum atomic E-state index is 5.03. The van der Waals surface area contributed by atoms with E-state index in [2.05, 4.69) is 20.1 Å². The molecule has 0 amide bonds. The van der Waals surface area contributed by atoms with Crippen LogP contribution in [0.15, 0.2) is 49.1 Å². The van der Waals surface area contributed by atoms with Gasteiger partial charge in [-0.1, -0.05) is 6.07 Å². The van der Waals surface area contributed by atoms with E-state index in [9.17, 15) is 0 Å². The van der Waals surface area contributed by atoms with Gasteiger partial charge in [0.1, 0.15) is 12.0 Å². The Bertz CT molecular complexity index is 663. The first kappa shape index (κ1) is 11.3. The topological polar surface area (TPSA) is 65.7 Å². The highest BCUT2D eigenvalue weighted by Crippen LogP contribution is 2.18. The predicted octanol–water partition coefficient (Wildman–Crippen LogP) is 1.73. The van der Waals surface area contributed by atoms with Gasteiger partial charge in [0.15, 0.2) is 5.82 Å². The third-order valence-electron chi connectivity index (χ3n) is 2.62. The molecule has 6 nitrogen and oxygen atoms in total. The summed E-state index contributed by atoms with van der Waals surface area (Å²) in [6.45, 7) is 0. The monoisotopic (exact) mass is 253 g/mol. The van der Waals surface area contributed by atoms with Gasteiger partial charge in [0.25, 0.3) is 0 Å². The second-order valence-corrected chi connectivity index (χ2v) is 3.77. The molecule has 3 rings (SSSR count). The molecule has 3 aromatic rings. The molecule has 3 heterocycles. The number of methoxy groups -OCH3 is 1. The number of nitrogens with zero attached hydrogens (tertiary/aromatic N) is 5. The average molecular weight is 253 g/mol. The molecule has 0 aliphatic heterocycles. The Hall–Kier alpha value is -2.76. The highest BCUT2D eigenvalue weighted by molar-refractivity contribution is 5.52. The standard InChI is InChI=1S/C13H11N5O/c1-19-12-6-5-10(8-15-12)18-13(16-9-17-18)11-4-2-3-7-14-11/h2-9H,1H3. The van der Waals surface area contributed by atoms with Gasteiger partial charge in [0.05, 0.1) is 19.0 Å². The van der Waals surface area contributed by atoms with E-state index in [1.165, 1.54) is 6.33 Å². The summed E-state index contributed by atoms with van der Waals surface area (Å²) in [6, 6.07) is 9.30. The van der Waals surface area contributed by atoms with E-state index in [1.54, 1.807) is 30.3 Å². The third kappa shape index (κ3) is 2.15. The van der Waals surface area contributed by atoms with E-state index >= 15 is 0 Å². The van der Waals surface area contributed by atoms with Crippen LogP contribution in [0.2, 0.25) is 0 Å². The fourth-order valence-corrected chi connectivity index (χ4v) is 1.72. The van der Waals surface area contributed by atoms with Crippen molar-refractivity contribution in [3.05, 3.63) is 49.1 Å². The van der Waals surface area contributed by atoms with Gasteiger partial charge in [-0.3, -0.25) is 4.98 Å². The Balaban J connectivity index is 2.04. The number of hydrogen-bond donors (Lipinski definition) is 0. The van der Waals surface area contributed by atoms with Crippen LogP contribution in [0, 0.1) is 0 Å². The minimum atomic E-state index is 0.559. The van der Waals surface area contributed by atoms with Crippen molar-refractivity contribution in [3.63, 3.8) is 0 Å². The Morgan fingerprint density at radius 2 is 2.00 bits per heavy atom. The molecule has 0 spiro atoms. The second kappa shape index (κ2) is 4.85. The lowest BCUT2D eigenvalue weighted by Crippen LogP contribution is -2.01. The Labute approximate surface area is 109 Å². The SMILES string of the molecule is COc1ccc(-n2ncnc2-c2ccccn2)cn1. The molecule has 0 saturated carbocycles. The van der Waals surface area contributed by atoms with Gasteiger partial charge in [-0.2, -0.15) is 5.10 Å². The van der Waals surface area contributed by atoms with E-state index in [1.807, 2.05) is 24.3 Å². The summed E-state index contributed by atoms with van der Waals surface area (Å²) in [5, 5.41) is 4.20. The largest absolute Gasteiger partial charge is 0.481 e. The van der Waals surface area contributed by atoms with E-state index in [-0.39, 0.29) is 0 Å². The summed E-state index contributed by atoms with van der Waals surface area (Å²) < 4.78 is 6.72. The van der Waals surface area contributed by atoms with Crippen LogP contribution in [-0.2, 0) is 0 Å². The zero-order valence-electron chi connectivity index (χ0n) is 10.3. The summed E-state index contributed by atoms with van der Waals surface area (Å²) in [6.07, 6.45) is 4.90. The molecule has 0 aromatic carbocycles. The van der Waals surface area contributed by atoms with Gasteiger partial charge in [-0.05, 0) is 18.2 Å². The molecule has 0 atom stereocenters. The fraction of sp³-hybridized carbons (Fsp3) is 0.0769. The highest BCUT2D eigenvalue weighted by atomic mass is 16.5. The van der Waals surface area contributed by atoms with Gasteiger partial charge in [-0.15, -0.1) is 0 Å². The quantitative estimate of drug-likeness (QED) is 0.711. The molecule has 6 heteroatoms. The van der Waals surface area contributed by atoms with E-state index in [4.69, 9.17) is 4.74 Å².